The SMILES string of the molecule is CC(=O)O.CC(C)(CO)[C@@H](O)C(=O)NCCC(=O)O. The lowest BCUT2D eigenvalue weighted by atomic mass is 9.87. The fourth-order valence-electron chi connectivity index (χ4n) is 0.831. The molecule has 1 atom stereocenters. The van der Waals surface area contributed by atoms with Crippen LogP contribution in [0.2, 0.25) is 0 Å². The maximum absolute atomic E-state index is 11.3. The molecule has 8 nitrogen and oxygen atoms in total. The quantitative estimate of drug-likeness (QED) is 0.421. The molecule has 5 N–H and O–H groups in total. The van der Waals surface area contributed by atoms with Crippen molar-refractivity contribution in [2.75, 3.05) is 13.2 Å². The van der Waals surface area contributed by atoms with E-state index in [4.69, 9.17) is 20.1 Å². The van der Waals surface area contributed by atoms with Crippen LogP contribution in [0.5, 0.6) is 0 Å². The van der Waals surface area contributed by atoms with Gasteiger partial charge in [0.1, 0.15) is 6.10 Å². The number of hydrogen-bond acceptors (Lipinski definition) is 5. The molecule has 0 heterocycles. The van der Waals surface area contributed by atoms with Crippen molar-refractivity contribution in [2.45, 2.75) is 33.3 Å². The first-order valence-corrected chi connectivity index (χ1v) is 5.52. The smallest absolute Gasteiger partial charge is 0.305 e. The van der Waals surface area contributed by atoms with Gasteiger partial charge in [-0.05, 0) is 0 Å². The van der Waals surface area contributed by atoms with Gasteiger partial charge in [0, 0.05) is 18.9 Å². The second-order valence-electron chi connectivity index (χ2n) is 4.50. The number of aliphatic hydroxyl groups is 2. The molecular formula is C11H21NO7. The first kappa shape index (κ1) is 19.7. The molecule has 0 aliphatic heterocycles. The summed E-state index contributed by atoms with van der Waals surface area (Å²) in [5.74, 6) is -2.53. The van der Waals surface area contributed by atoms with E-state index in [0.29, 0.717) is 0 Å². The first-order chi connectivity index (χ1) is 8.54. The number of aliphatic hydroxyl groups excluding tert-OH is 2. The van der Waals surface area contributed by atoms with Gasteiger partial charge in [0.05, 0.1) is 13.0 Å². The maximum atomic E-state index is 11.3. The topological polar surface area (TPSA) is 144 Å². The highest BCUT2D eigenvalue weighted by Gasteiger charge is 2.32. The predicted octanol–water partition coefficient (Wildman–Crippen LogP) is -0.952. The summed E-state index contributed by atoms with van der Waals surface area (Å²) in [7, 11) is 0. The van der Waals surface area contributed by atoms with Crippen molar-refractivity contribution < 1.29 is 34.8 Å². The molecular weight excluding hydrogens is 258 g/mol. The molecule has 0 aliphatic rings. The average molecular weight is 279 g/mol. The highest BCUT2D eigenvalue weighted by molar-refractivity contribution is 5.81. The van der Waals surface area contributed by atoms with E-state index in [1.54, 1.807) is 0 Å². The standard InChI is InChI=1S/C9H17NO5.C2H4O2/c1-9(2,5-11)7(14)8(15)10-4-3-6(12)13;1-2(3)4/h7,11,14H,3-5H2,1-2H3,(H,10,15)(H,12,13);1H3,(H,3,4)/t7-;/m0./s1. The minimum Gasteiger partial charge on any atom is -0.481 e. The van der Waals surface area contributed by atoms with E-state index in [-0.39, 0.29) is 19.6 Å². The monoisotopic (exact) mass is 279 g/mol. The van der Waals surface area contributed by atoms with Gasteiger partial charge < -0.3 is 25.7 Å². The molecule has 0 radical (unpaired) electrons. The van der Waals surface area contributed by atoms with Crippen molar-refractivity contribution in [1.29, 1.82) is 0 Å². The third-order valence-electron chi connectivity index (χ3n) is 2.03. The Labute approximate surface area is 111 Å². The summed E-state index contributed by atoms with van der Waals surface area (Å²) in [6.07, 6.45) is -1.55. The van der Waals surface area contributed by atoms with E-state index < -0.39 is 29.4 Å². The average Bonchev–Trinajstić information content (AvgIpc) is 2.26. The van der Waals surface area contributed by atoms with E-state index >= 15 is 0 Å². The van der Waals surface area contributed by atoms with Crippen molar-refractivity contribution >= 4 is 17.8 Å². The van der Waals surface area contributed by atoms with Crippen molar-refractivity contribution in [1.82, 2.24) is 5.32 Å². The minimum atomic E-state index is -1.35. The van der Waals surface area contributed by atoms with Gasteiger partial charge in [-0.15, -0.1) is 0 Å². The molecule has 0 aliphatic carbocycles. The molecule has 0 bridgehead atoms. The zero-order valence-corrected chi connectivity index (χ0v) is 11.2. The van der Waals surface area contributed by atoms with Gasteiger partial charge in [-0.25, -0.2) is 0 Å². The van der Waals surface area contributed by atoms with E-state index in [1.807, 2.05) is 0 Å². The van der Waals surface area contributed by atoms with Crippen LogP contribution in [0.3, 0.4) is 0 Å². The number of aliphatic carboxylic acids is 2. The van der Waals surface area contributed by atoms with Gasteiger partial charge >= 0.3 is 5.97 Å². The summed E-state index contributed by atoms with van der Waals surface area (Å²) in [5, 5.41) is 36.4. The molecule has 8 heteroatoms. The lowest BCUT2D eigenvalue weighted by molar-refractivity contribution is -0.139. The second kappa shape index (κ2) is 9.29. The van der Waals surface area contributed by atoms with Gasteiger partial charge in [0.25, 0.3) is 5.97 Å². The summed E-state index contributed by atoms with van der Waals surface area (Å²) in [4.78, 5) is 30.4. The highest BCUT2D eigenvalue weighted by Crippen LogP contribution is 2.19. The molecule has 0 saturated heterocycles. The van der Waals surface area contributed by atoms with Crippen LogP contribution in [0.25, 0.3) is 0 Å². The van der Waals surface area contributed by atoms with Crippen molar-refractivity contribution in [2.24, 2.45) is 5.41 Å². The Morgan fingerprint density at radius 1 is 1.21 bits per heavy atom. The van der Waals surface area contributed by atoms with Gasteiger partial charge in [-0.1, -0.05) is 13.8 Å². The fourth-order valence-corrected chi connectivity index (χ4v) is 0.831. The lowest BCUT2D eigenvalue weighted by Gasteiger charge is -2.26. The van der Waals surface area contributed by atoms with Crippen LogP contribution < -0.4 is 5.32 Å². The summed E-state index contributed by atoms with van der Waals surface area (Å²) in [6.45, 7) is 3.79. The van der Waals surface area contributed by atoms with Crippen molar-refractivity contribution in [3.63, 3.8) is 0 Å². The third-order valence-corrected chi connectivity index (χ3v) is 2.03. The summed E-state index contributed by atoms with van der Waals surface area (Å²) in [6, 6.07) is 0. The maximum Gasteiger partial charge on any atom is 0.305 e. The highest BCUT2D eigenvalue weighted by atomic mass is 16.4. The van der Waals surface area contributed by atoms with Gasteiger partial charge in [-0.2, -0.15) is 0 Å². The Kier molecular flexibility index (Phi) is 9.61. The largest absolute Gasteiger partial charge is 0.481 e. The van der Waals surface area contributed by atoms with Crippen LogP contribution in [-0.4, -0.2) is 57.5 Å². The lowest BCUT2D eigenvalue weighted by Crippen LogP contribution is -2.45. The molecule has 0 saturated carbocycles. The summed E-state index contributed by atoms with van der Waals surface area (Å²) < 4.78 is 0. The van der Waals surface area contributed by atoms with Gasteiger partial charge in [-0.3, -0.25) is 14.4 Å². The number of carboxylic acid groups (broad SMARTS) is 2. The second-order valence-corrected chi connectivity index (χ2v) is 4.50. The molecule has 0 spiro atoms. The number of nitrogens with one attached hydrogen (secondary N) is 1. The van der Waals surface area contributed by atoms with Crippen LogP contribution in [0.15, 0.2) is 0 Å². The van der Waals surface area contributed by atoms with Crippen LogP contribution >= 0.6 is 0 Å². The van der Waals surface area contributed by atoms with E-state index in [1.165, 1.54) is 13.8 Å². The Balaban J connectivity index is 0. The number of amides is 1. The number of carboxylic acids is 2. The number of carbonyl (C=O) groups excluding carboxylic acids is 1. The van der Waals surface area contributed by atoms with E-state index in [0.717, 1.165) is 6.92 Å². The Hall–Kier alpha value is -1.67. The predicted molar refractivity (Wildman–Crippen MR) is 65.4 cm³/mol. The zero-order chi connectivity index (χ0) is 15.6. The number of hydrogen-bond donors (Lipinski definition) is 5. The summed E-state index contributed by atoms with van der Waals surface area (Å²) in [5.41, 5.74) is -0.937. The van der Waals surface area contributed by atoms with Crippen LogP contribution in [0.4, 0.5) is 0 Å². The molecule has 0 aromatic heterocycles. The molecule has 0 aromatic rings. The fraction of sp³-hybridized carbons (Fsp3) is 0.727. The van der Waals surface area contributed by atoms with Crippen molar-refractivity contribution in [3.8, 4) is 0 Å². The molecule has 0 aromatic carbocycles. The van der Waals surface area contributed by atoms with E-state index in [2.05, 4.69) is 5.32 Å². The Bertz CT molecular complexity index is 310. The van der Waals surface area contributed by atoms with Crippen molar-refractivity contribution in [3.05, 3.63) is 0 Å². The zero-order valence-electron chi connectivity index (χ0n) is 11.2. The molecule has 0 unspecified atom stereocenters. The molecule has 0 fully saturated rings. The molecule has 1 amide bonds. The van der Waals surface area contributed by atoms with Crippen LogP contribution in [-0.2, 0) is 14.4 Å². The molecule has 112 valence electrons. The van der Waals surface area contributed by atoms with E-state index in [9.17, 15) is 14.7 Å². The molecule has 19 heavy (non-hydrogen) atoms. The van der Waals surface area contributed by atoms with Gasteiger partial charge in [0.2, 0.25) is 5.91 Å². The first-order valence-electron chi connectivity index (χ1n) is 5.52. The molecule has 0 rings (SSSR count). The van der Waals surface area contributed by atoms with Crippen LogP contribution in [0.1, 0.15) is 27.2 Å². The number of carbonyl (C=O) groups is 3. The van der Waals surface area contributed by atoms with Crippen LogP contribution in [0, 0.1) is 5.41 Å². The Morgan fingerprint density at radius 2 is 1.63 bits per heavy atom. The Morgan fingerprint density at radius 3 is 1.95 bits per heavy atom. The minimum absolute atomic E-state index is 0.0350. The normalized spacial score (nSPS) is 11.8. The number of rotatable bonds is 6. The van der Waals surface area contributed by atoms with Gasteiger partial charge in [0.15, 0.2) is 0 Å². The summed E-state index contributed by atoms with van der Waals surface area (Å²) >= 11 is 0. The third kappa shape index (κ3) is 11.2.